The maximum Gasteiger partial charge on any atom is 0.251 e. The maximum absolute atomic E-state index is 13.3. The number of rotatable bonds is 6. The van der Waals surface area contributed by atoms with E-state index in [2.05, 4.69) is 10.6 Å². The van der Waals surface area contributed by atoms with E-state index in [4.69, 9.17) is 4.74 Å². The van der Waals surface area contributed by atoms with Crippen molar-refractivity contribution < 1.29 is 19.1 Å². The molecule has 33 heavy (non-hydrogen) atoms. The summed E-state index contributed by atoms with van der Waals surface area (Å²) < 4.78 is 5.15. The molecule has 0 bridgehead atoms. The Balaban J connectivity index is 1.58. The summed E-state index contributed by atoms with van der Waals surface area (Å²) in [6, 6.07) is 22.2. The number of methoxy groups -OCH3 is 1. The first-order chi connectivity index (χ1) is 16.0. The molecule has 1 aliphatic rings. The third kappa shape index (κ3) is 5.10. The van der Waals surface area contributed by atoms with Gasteiger partial charge in [0.2, 0.25) is 11.8 Å². The molecule has 3 aromatic rings. The molecule has 0 fully saturated rings. The Bertz CT molecular complexity index is 1190. The van der Waals surface area contributed by atoms with E-state index < -0.39 is 17.9 Å². The predicted octanol–water partition coefficient (Wildman–Crippen LogP) is 4.09. The van der Waals surface area contributed by atoms with Crippen LogP contribution in [0, 0.1) is 0 Å². The zero-order valence-corrected chi connectivity index (χ0v) is 18.0. The Morgan fingerprint density at radius 2 is 1.70 bits per heavy atom. The van der Waals surface area contributed by atoms with Crippen molar-refractivity contribution in [3.8, 4) is 5.75 Å². The van der Waals surface area contributed by atoms with Crippen molar-refractivity contribution in [3.05, 3.63) is 90.5 Å². The van der Waals surface area contributed by atoms with Gasteiger partial charge in [-0.2, -0.15) is 0 Å². The van der Waals surface area contributed by atoms with E-state index in [0.717, 1.165) is 5.56 Å². The molecule has 166 valence electrons. The summed E-state index contributed by atoms with van der Waals surface area (Å²) in [5.74, 6) is -0.462. The van der Waals surface area contributed by atoms with Crippen LogP contribution < -0.4 is 20.3 Å². The first-order valence-electron chi connectivity index (χ1n) is 10.5. The highest BCUT2D eigenvalue weighted by Gasteiger charge is 2.37. The first kappa shape index (κ1) is 21.8. The zero-order valence-electron chi connectivity index (χ0n) is 18.0. The molecule has 0 aliphatic carbocycles. The number of nitrogens with one attached hydrogen (secondary N) is 2. The number of hydrogen-bond acceptors (Lipinski definition) is 4. The van der Waals surface area contributed by atoms with E-state index in [1.54, 1.807) is 73.8 Å². The highest BCUT2D eigenvalue weighted by atomic mass is 16.5. The van der Waals surface area contributed by atoms with Crippen LogP contribution >= 0.6 is 0 Å². The molecule has 0 radical (unpaired) electrons. The molecule has 0 spiro atoms. The number of fused-ring (bicyclic) bond motifs is 1. The summed E-state index contributed by atoms with van der Waals surface area (Å²) >= 11 is 0. The molecule has 4 rings (SSSR count). The maximum atomic E-state index is 13.3. The monoisotopic (exact) mass is 441 g/mol. The van der Waals surface area contributed by atoms with E-state index in [0.29, 0.717) is 22.8 Å². The molecule has 1 atom stereocenters. The Kier molecular flexibility index (Phi) is 6.50. The van der Waals surface area contributed by atoms with Gasteiger partial charge < -0.3 is 15.4 Å². The predicted molar refractivity (Wildman–Crippen MR) is 128 cm³/mol. The van der Waals surface area contributed by atoms with Crippen LogP contribution in [0.3, 0.4) is 0 Å². The number of hydrogen-bond donors (Lipinski definition) is 2. The van der Waals surface area contributed by atoms with Gasteiger partial charge in [0, 0.05) is 11.8 Å². The lowest BCUT2D eigenvalue weighted by Gasteiger charge is -2.35. The van der Waals surface area contributed by atoms with Crippen LogP contribution in [0.1, 0.15) is 12.0 Å². The molecule has 7 heteroatoms. The van der Waals surface area contributed by atoms with Crippen LogP contribution in [0.25, 0.3) is 6.08 Å². The van der Waals surface area contributed by atoms with Gasteiger partial charge in [-0.1, -0.05) is 42.5 Å². The van der Waals surface area contributed by atoms with E-state index >= 15 is 0 Å². The molecule has 0 aromatic heterocycles. The summed E-state index contributed by atoms with van der Waals surface area (Å²) in [7, 11) is 1.58. The fourth-order valence-corrected chi connectivity index (χ4v) is 3.62. The standard InChI is InChI=1S/C26H23N3O4/c1-33-20-14-11-18(12-15-20)13-16-25(31)29-22-10-6-5-9-21(22)28-26(32)23(29)17-24(30)27-19-7-3-2-4-8-19/h2-16,23H,17H2,1H3,(H,27,30)(H,28,32)/b16-13+/t23-/m1/s1. The van der Waals surface area contributed by atoms with Gasteiger partial charge in [0.15, 0.2) is 0 Å². The third-order valence-electron chi connectivity index (χ3n) is 5.24. The molecule has 0 saturated heterocycles. The molecule has 0 unspecified atom stereocenters. The van der Waals surface area contributed by atoms with E-state index in [1.807, 2.05) is 18.2 Å². The largest absolute Gasteiger partial charge is 0.497 e. The van der Waals surface area contributed by atoms with Crippen molar-refractivity contribution in [2.24, 2.45) is 0 Å². The molecule has 2 N–H and O–H groups in total. The van der Waals surface area contributed by atoms with E-state index in [-0.39, 0.29) is 12.3 Å². The molecule has 7 nitrogen and oxygen atoms in total. The van der Waals surface area contributed by atoms with Crippen molar-refractivity contribution in [1.82, 2.24) is 0 Å². The lowest BCUT2D eigenvalue weighted by molar-refractivity contribution is -0.124. The highest BCUT2D eigenvalue weighted by molar-refractivity contribution is 6.16. The van der Waals surface area contributed by atoms with Crippen LogP contribution in [-0.4, -0.2) is 30.9 Å². The van der Waals surface area contributed by atoms with Crippen LogP contribution in [0.15, 0.2) is 84.9 Å². The second-order valence-corrected chi connectivity index (χ2v) is 7.46. The smallest absolute Gasteiger partial charge is 0.251 e. The Morgan fingerprint density at radius 3 is 2.42 bits per heavy atom. The number of ether oxygens (including phenoxy) is 1. The van der Waals surface area contributed by atoms with Gasteiger partial charge >= 0.3 is 0 Å². The van der Waals surface area contributed by atoms with Crippen LogP contribution in [0.4, 0.5) is 17.1 Å². The number of para-hydroxylation sites is 3. The summed E-state index contributed by atoms with van der Waals surface area (Å²) in [6.45, 7) is 0. The number of anilines is 3. The van der Waals surface area contributed by atoms with Crippen molar-refractivity contribution >= 4 is 40.9 Å². The number of carbonyl (C=O) groups is 3. The van der Waals surface area contributed by atoms with E-state index in [1.165, 1.54) is 11.0 Å². The number of carbonyl (C=O) groups excluding carboxylic acids is 3. The second kappa shape index (κ2) is 9.82. The number of benzene rings is 3. The van der Waals surface area contributed by atoms with Gasteiger partial charge in [0.05, 0.1) is 24.9 Å². The average molecular weight is 441 g/mol. The van der Waals surface area contributed by atoms with Crippen LogP contribution in [-0.2, 0) is 14.4 Å². The lowest BCUT2D eigenvalue weighted by Crippen LogP contribution is -2.52. The Labute approximate surface area is 191 Å². The molecule has 1 aliphatic heterocycles. The van der Waals surface area contributed by atoms with Gasteiger partial charge in [0.1, 0.15) is 11.8 Å². The summed E-state index contributed by atoms with van der Waals surface area (Å²) in [4.78, 5) is 40.2. The second-order valence-electron chi connectivity index (χ2n) is 7.46. The van der Waals surface area contributed by atoms with E-state index in [9.17, 15) is 14.4 Å². The first-order valence-corrected chi connectivity index (χ1v) is 10.5. The fraction of sp³-hybridized carbons (Fsp3) is 0.115. The SMILES string of the molecule is COc1ccc(/C=C/C(=O)N2c3ccccc3NC(=O)[C@H]2CC(=O)Nc2ccccc2)cc1. The van der Waals surface area contributed by atoms with Crippen molar-refractivity contribution in [2.45, 2.75) is 12.5 Å². The lowest BCUT2D eigenvalue weighted by atomic mass is 10.0. The highest BCUT2D eigenvalue weighted by Crippen LogP contribution is 2.33. The Morgan fingerprint density at radius 1 is 1.00 bits per heavy atom. The molecular weight excluding hydrogens is 418 g/mol. The zero-order chi connectivity index (χ0) is 23.2. The minimum Gasteiger partial charge on any atom is -0.497 e. The number of amides is 3. The topological polar surface area (TPSA) is 87.7 Å². The molecule has 1 heterocycles. The summed E-state index contributed by atoms with van der Waals surface area (Å²) in [5, 5.41) is 5.57. The minimum absolute atomic E-state index is 0.183. The van der Waals surface area contributed by atoms with Crippen molar-refractivity contribution in [3.63, 3.8) is 0 Å². The molecule has 3 aromatic carbocycles. The van der Waals surface area contributed by atoms with Crippen molar-refractivity contribution in [1.29, 1.82) is 0 Å². The Hall–Kier alpha value is -4.39. The summed E-state index contributed by atoms with van der Waals surface area (Å²) in [5.41, 5.74) is 2.49. The molecular formula is C26H23N3O4. The van der Waals surface area contributed by atoms with Gasteiger partial charge in [-0.05, 0) is 48.0 Å². The van der Waals surface area contributed by atoms with Gasteiger partial charge in [-0.3, -0.25) is 19.3 Å². The van der Waals surface area contributed by atoms with Gasteiger partial charge in [-0.15, -0.1) is 0 Å². The summed E-state index contributed by atoms with van der Waals surface area (Å²) in [6.07, 6.45) is 2.88. The van der Waals surface area contributed by atoms with Crippen LogP contribution in [0.5, 0.6) is 5.75 Å². The average Bonchev–Trinajstić information content (AvgIpc) is 2.84. The molecule has 3 amide bonds. The third-order valence-corrected chi connectivity index (χ3v) is 5.24. The van der Waals surface area contributed by atoms with Crippen LogP contribution in [0.2, 0.25) is 0 Å². The van der Waals surface area contributed by atoms with Crippen molar-refractivity contribution in [2.75, 3.05) is 22.6 Å². The molecule has 0 saturated carbocycles. The normalized spacial score (nSPS) is 15.0. The minimum atomic E-state index is -0.989. The fourth-order valence-electron chi connectivity index (χ4n) is 3.62. The van der Waals surface area contributed by atoms with Gasteiger partial charge in [-0.25, -0.2) is 0 Å². The number of nitrogens with zero attached hydrogens (tertiary/aromatic N) is 1. The van der Waals surface area contributed by atoms with Gasteiger partial charge in [0.25, 0.3) is 5.91 Å². The quantitative estimate of drug-likeness (QED) is 0.564.